The number of hydrogen-bond donors (Lipinski definition) is 2. The van der Waals surface area contributed by atoms with E-state index in [1.165, 1.54) is 0 Å². The predicted molar refractivity (Wildman–Crippen MR) is 118 cm³/mol. The van der Waals surface area contributed by atoms with Crippen LogP contribution in [0.4, 0.5) is 5.95 Å². The van der Waals surface area contributed by atoms with Crippen LogP contribution in [0.1, 0.15) is 28.8 Å². The third kappa shape index (κ3) is 4.65. The molecule has 0 spiro atoms. The number of rotatable bonds is 7. The van der Waals surface area contributed by atoms with Gasteiger partial charge in [-0.25, -0.2) is 4.98 Å². The molecule has 3 heterocycles. The van der Waals surface area contributed by atoms with Gasteiger partial charge in [0.05, 0.1) is 30.3 Å². The summed E-state index contributed by atoms with van der Waals surface area (Å²) in [5, 5.41) is 0.910. The topological polar surface area (TPSA) is 114 Å². The molecule has 3 rings (SSSR count). The van der Waals surface area contributed by atoms with Crippen molar-refractivity contribution in [3.05, 3.63) is 39.9 Å². The number of nitrogen functional groups attached to an aromatic ring is 1. The summed E-state index contributed by atoms with van der Waals surface area (Å²) in [5.74, 6) is 7.02. The Kier molecular flexibility index (Phi) is 7.11. The number of halogens is 1. The second-order valence-electron chi connectivity index (χ2n) is 6.78. The van der Waals surface area contributed by atoms with Crippen LogP contribution in [0.15, 0.2) is 12.4 Å². The second kappa shape index (κ2) is 9.76. The number of aromatic nitrogens is 4. The number of pyridine rings is 1. The van der Waals surface area contributed by atoms with E-state index < -0.39 is 0 Å². The summed E-state index contributed by atoms with van der Waals surface area (Å²) in [7, 11) is 1.65. The minimum absolute atomic E-state index is 0.0997. The molecule has 0 fully saturated rings. The van der Waals surface area contributed by atoms with Crippen LogP contribution in [0.3, 0.4) is 0 Å². The summed E-state index contributed by atoms with van der Waals surface area (Å²) in [6, 6.07) is 0. The molecule has 4 N–H and O–H groups in total. The minimum atomic E-state index is 0.0997. The number of ether oxygens (including phenoxy) is 2. The molecular weight excluding hydrogens is 404 g/mol. The fourth-order valence-corrected chi connectivity index (χ4v) is 3.48. The standard InChI is InChI=1S/C21H25ClN6O2/c1-13-10-25-16(14(2)18(13)29-3)12-28-11-15(6-4-8-30-9-5-7-23)17-19(22)26-21(24)27-20(17)28/h10-11H,5,7-9,12,23H2,1-3H3,(H2,24,26,27). The summed E-state index contributed by atoms with van der Waals surface area (Å²) in [6.07, 6.45) is 4.47. The van der Waals surface area contributed by atoms with E-state index in [1.54, 1.807) is 13.3 Å². The molecular formula is C21H25ClN6O2. The first-order valence-electron chi connectivity index (χ1n) is 9.53. The van der Waals surface area contributed by atoms with Gasteiger partial charge in [-0.3, -0.25) is 4.98 Å². The smallest absolute Gasteiger partial charge is 0.223 e. The van der Waals surface area contributed by atoms with Crippen molar-refractivity contribution in [3.63, 3.8) is 0 Å². The van der Waals surface area contributed by atoms with Gasteiger partial charge in [0.2, 0.25) is 5.95 Å². The Morgan fingerprint density at radius 2 is 2.07 bits per heavy atom. The van der Waals surface area contributed by atoms with E-state index in [9.17, 15) is 0 Å². The number of methoxy groups -OCH3 is 1. The van der Waals surface area contributed by atoms with Gasteiger partial charge in [0.25, 0.3) is 0 Å². The number of aryl methyl sites for hydroxylation is 1. The zero-order chi connectivity index (χ0) is 21.7. The number of hydrogen-bond acceptors (Lipinski definition) is 7. The first kappa shape index (κ1) is 21.8. The monoisotopic (exact) mass is 428 g/mol. The van der Waals surface area contributed by atoms with Crippen molar-refractivity contribution in [1.29, 1.82) is 0 Å². The molecule has 0 aromatic carbocycles. The van der Waals surface area contributed by atoms with Crippen molar-refractivity contribution in [3.8, 4) is 17.6 Å². The lowest BCUT2D eigenvalue weighted by atomic mass is 10.1. The third-order valence-corrected chi connectivity index (χ3v) is 4.92. The number of fused-ring (bicyclic) bond motifs is 1. The van der Waals surface area contributed by atoms with E-state index >= 15 is 0 Å². The van der Waals surface area contributed by atoms with Crippen LogP contribution < -0.4 is 16.2 Å². The summed E-state index contributed by atoms with van der Waals surface area (Å²) < 4.78 is 12.9. The van der Waals surface area contributed by atoms with Crippen LogP contribution in [0.25, 0.3) is 11.0 Å². The fourth-order valence-electron chi connectivity index (χ4n) is 3.21. The molecule has 0 unspecified atom stereocenters. The molecule has 0 aliphatic carbocycles. The SMILES string of the molecule is COc1c(C)cnc(Cn2cc(C#CCOCCCN)c3c(Cl)nc(N)nc32)c1C. The molecule has 0 atom stereocenters. The molecule has 0 amide bonds. The van der Waals surface area contributed by atoms with Crippen molar-refractivity contribution >= 4 is 28.6 Å². The highest BCUT2D eigenvalue weighted by Crippen LogP contribution is 2.29. The molecule has 0 saturated heterocycles. The Balaban J connectivity index is 1.99. The van der Waals surface area contributed by atoms with Gasteiger partial charge < -0.3 is 25.5 Å². The number of nitrogens with zero attached hydrogens (tertiary/aromatic N) is 4. The molecule has 0 saturated carbocycles. The molecule has 8 nitrogen and oxygen atoms in total. The molecule has 30 heavy (non-hydrogen) atoms. The van der Waals surface area contributed by atoms with Crippen LogP contribution >= 0.6 is 11.6 Å². The Bertz CT molecular complexity index is 1120. The Labute approximate surface area is 180 Å². The first-order chi connectivity index (χ1) is 14.5. The maximum Gasteiger partial charge on any atom is 0.223 e. The summed E-state index contributed by atoms with van der Waals surface area (Å²) in [6.45, 7) is 5.87. The number of anilines is 1. The fraction of sp³-hybridized carbons (Fsp3) is 0.381. The summed E-state index contributed by atoms with van der Waals surface area (Å²) in [5.41, 5.74) is 15.4. The van der Waals surface area contributed by atoms with Crippen LogP contribution in [-0.4, -0.2) is 46.4 Å². The van der Waals surface area contributed by atoms with Crippen LogP contribution in [0, 0.1) is 25.7 Å². The average molecular weight is 429 g/mol. The van der Waals surface area contributed by atoms with Gasteiger partial charge in [0.15, 0.2) is 0 Å². The zero-order valence-corrected chi connectivity index (χ0v) is 18.1. The molecule has 0 bridgehead atoms. The molecule has 3 aromatic rings. The van der Waals surface area contributed by atoms with E-state index in [0.717, 1.165) is 29.0 Å². The lowest BCUT2D eigenvalue weighted by molar-refractivity contribution is 0.166. The Morgan fingerprint density at radius 1 is 1.27 bits per heavy atom. The van der Waals surface area contributed by atoms with Gasteiger partial charge >= 0.3 is 0 Å². The van der Waals surface area contributed by atoms with E-state index in [2.05, 4.69) is 26.8 Å². The van der Waals surface area contributed by atoms with E-state index in [0.29, 0.717) is 42.9 Å². The van der Waals surface area contributed by atoms with Crippen molar-refractivity contribution < 1.29 is 9.47 Å². The van der Waals surface area contributed by atoms with Gasteiger partial charge in [-0.2, -0.15) is 4.98 Å². The Morgan fingerprint density at radius 3 is 2.80 bits per heavy atom. The molecule has 9 heteroatoms. The molecule has 158 valence electrons. The van der Waals surface area contributed by atoms with Crippen molar-refractivity contribution in [2.45, 2.75) is 26.8 Å². The van der Waals surface area contributed by atoms with Crippen molar-refractivity contribution in [2.24, 2.45) is 5.73 Å². The maximum absolute atomic E-state index is 6.37. The predicted octanol–water partition coefficient (Wildman–Crippen LogP) is 2.45. The zero-order valence-electron chi connectivity index (χ0n) is 17.3. The lowest BCUT2D eigenvalue weighted by Crippen LogP contribution is -2.07. The first-order valence-corrected chi connectivity index (χ1v) is 9.91. The van der Waals surface area contributed by atoms with Gasteiger partial charge in [-0.1, -0.05) is 23.4 Å². The minimum Gasteiger partial charge on any atom is -0.496 e. The molecule has 0 aliphatic heterocycles. The lowest BCUT2D eigenvalue weighted by Gasteiger charge is -2.13. The highest BCUT2D eigenvalue weighted by Gasteiger charge is 2.17. The normalized spacial score (nSPS) is 10.8. The van der Waals surface area contributed by atoms with E-state index in [4.69, 9.17) is 32.5 Å². The van der Waals surface area contributed by atoms with E-state index in [-0.39, 0.29) is 11.1 Å². The van der Waals surface area contributed by atoms with Crippen molar-refractivity contribution in [2.75, 3.05) is 32.6 Å². The van der Waals surface area contributed by atoms with Crippen LogP contribution in [0.5, 0.6) is 5.75 Å². The largest absolute Gasteiger partial charge is 0.496 e. The highest BCUT2D eigenvalue weighted by molar-refractivity contribution is 6.34. The maximum atomic E-state index is 6.37. The van der Waals surface area contributed by atoms with E-state index in [1.807, 2.05) is 24.6 Å². The summed E-state index contributed by atoms with van der Waals surface area (Å²) >= 11 is 6.37. The molecule has 0 radical (unpaired) electrons. The third-order valence-electron chi connectivity index (χ3n) is 4.65. The average Bonchev–Trinajstić information content (AvgIpc) is 3.04. The van der Waals surface area contributed by atoms with Crippen LogP contribution in [0.2, 0.25) is 5.15 Å². The highest BCUT2D eigenvalue weighted by atomic mass is 35.5. The molecule has 0 aliphatic rings. The summed E-state index contributed by atoms with van der Waals surface area (Å²) in [4.78, 5) is 13.0. The van der Waals surface area contributed by atoms with Gasteiger partial charge in [0.1, 0.15) is 23.2 Å². The Hall–Kier alpha value is -2.86. The molecule has 3 aromatic heterocycles. The van der Waals surface area contributed by atoms with Crippen LogP contribution in [-0.2, 0) is 11.3 Å². The number of nitrogens with two attached hydrogens (primary N) is 2. The van der Waals surface area contributed by atoms with Gasteiger partial charge in [-0.15, -0.1) is 0 Å². The van der Waals surface area contributed by atoms with Gasteiger partial charge in [0, 0.05) is 30.1 Å². The van der Waals surface area contributed by atoms with Gasteiger partial charge in [-0.05, 0) is 26.8 Å². The quantitative estimate of drug-likeness (QED) is 0.337. The van der Waals surface area contributed by atoms with Crippen molar-refractivity contribution in [1.82, 2.24) is 19.5 Å². The second-order valence-corrected chi connectivity index (χ2v) is 7.14.